The maximum Gasteiger partial charge on any atom is 0.346 e. The Balaban J connectivity index is 1.47. The van der Waals surface area contributed by atoms with Gasteiger partial charge in [0.2, 0.25) is 0 Å². The molecule has 0 saturated carbocycles. The van der Waals surface area contributed by atoms with Gasteiger partial charge in [-0.1, -0.05) is 0 Å². The van der Waals surface area contributed by atoms with Crippen LogP contribution in [0.25, 0.3) is 17.0 Å². The molecular weight excluding hydrogens is 446 g/mol. The third-order valence-electron chi connectivity index (χ3n) is 4.71. The van der Waals surface area contributed by atoms with Crippen molar-refractivity contribution in [3.63, 3.8) is 0 Å². The number of fused-ring (bicyclic) bond motifs is 1. The van der Waals surface area contributed by atoms with Gasteiger partial charge in [-0.25, -0.2) is 33.0 Å². The van der Waals surface area contributed by atoms with Crippen molar-refractivity contribution in [3.8, 4) is 11.4 Å². The molecule has 1 amide bonds. The van der Waals surface area contributed by atoms with E-state index >= 15 is 0 Å². The molecule has 0 spiro atoms. The fourth-order valence-electron chi connectivity index (χ4n) is 3.31. The van der Waals surface area contributed by atoms with Gasteiger partial charge in [0.05, 0.1) is 11.4 Å². The number of amides is 1. The van der Waals surface area contributed by atoms with E-state index in [0.717, 1.165) is 22.9 Å². The molecule has 0 saturated heterocycles. The molecule has 0 aliphatic heterocycles. The SMILES string of the molecule is Cc1nc(N)cc(-c2c(Nc3ccn(C(=O)Nc4cc(F)ccc4F)n3)nc3cccnn23)n1. The number of imidazole rings is 1. The van der Waals surface area contributed by atoms with E-state index in [1.165, 1.54) is 12.3 Å². The van der Waals surface area contributed by atoms with E-state index in [-0.39, 0.29) is 17.3 Å². The number of benzene rings is 1. The largest absolute Gasteiger partial charge is 0.384 e. The third kappa shape index (κ3) is 3.97. The Labute approximate surface area is 190 Å². The number of anilines is 4. The number of carbonyl (C=O) groups is 1. The summed E-state index contributed by atoms with van der Waals surface area (Å²) in [6, 6.07) is 8.57. The summed E-state index contributed by atoms with van der Waals surface area (Å²) < 4.78 is 29.7. The summed E-state index contributed by atoms with van der Waals surface area (Å²) in [5, 5.41) is 13.8. The maximum atomic E-state index is 13.8. The van der Waals surface area contributed by atoms with Crippen LogP contribution in [0.1, 0.15) is 5.82 Å². The molecule has 170 valence electrons. The molecule has 11 nitrogen and oxygen atoms in total. The van der Waals surface area contributed by atoms with Crippen LogP contribution in [-0.4, -0.2) is 40.4 Å². The monoisotopic (exact) mass is 462 g/mol. The lowest BCUT2D eigenvalue weighted by molar-refractivity contribution is 0.251. The number of carbonyl (C=O) groups excluding carboxylic acids is 1. The van der Waals surface area contributed by atoms with Crippen LogP contribution in [0.3, 0.4) is 0 Å². The lowest BCUT2D eigenvalue weighted by atomic mass is 10.3. The summed E-state index contributed by atoms with van der Waals surface area (Å²) in [6.45, 7) is 1.71. The second-order valence-electron chi connectivity index (χ2n) is 7.15. The number of hydrogen-bond donors (Lipinski definition) is 3. The lowest BCUT2D eigenvalue weighted by Crippen LogP contribution is -2.20. The molecule has 5 rings (SSSR count). The van der Waals surface area contributed by atoms with Crippen molar-refractivity contribution in [2.45, 2.75) is 6.92 Å². The van der Waals surface area contributed by atoms with Crippen LogP contribution < -0.4 is 16.4 Å². The molecule has 0 fully saturated rings. The number of nitrogens with one attached hydrogen (secondary N) is 2. The Kier molecular flexibility index (Phi) is 5.05. The van der Waals surface area contributed by atoms with Crippen LogP contribution in [-0.2, 0) is 0 Å². The van der Waals surface area contributed by atoms with Gasteiger partial charge < -0.3 is 16.4 Å². The fourth-order valence-corrected chi connectivity index (χ4v) is 3.31. The summed E-state index contributed by atoms with van der Waals surface area (Å²) in [7, 11) is 0. The Morgan fingerprint density at radius 3 is 2.76 bits per heavy atom. The van der Waals surface area contributed by atoms with Crippen molar-refractivity contribution in [1.82, 2.24) is 34.3 Å². The minimum absolute atomic E-state index is 0.262. The Morgan fingerprint density at radius 2 is 1.94 bits per heavy atom. The predicted molar refractivity (Wildman–Crippen MR) is 119 cm³/mol. The molecule has 0 bridgehead atoms. The highest BCUT2D eigenvalue weighted by Gasteiger charge is 2.19. The molecule has 13 heteroatoms. The molecular formula is C21H16F2N10O. The number of nitrogen functional groups attached to an aromatic ring is 1. The molecule has 0 radical (unpaired) electrons. The first-order valence-corrected chi connectivity index (χ1v) is 9.92. The summed E-state index contributed by atoms with van der Waals surface area (Å²) in [5.74, 6) is -0.0897. The Bertz CT molecular complexity index is 1520. The van der Waals surface area contributed by atoms with Crippen LogP contribution in [0.4, 0.5) is 36.7 Å². The molecule has 0 aliphatic carbocycles. The van der Waals surface area contributed by atoms with E-state index < -0.39 is 17.7 Å². The number of rotatable bonds is 4. The number of nitrogens with zero attached hydrogens (tertiary/aromatic N) is 7. The summed E-state index contributed by atoms with van der Waals surface area (Å²) in [6.07, 6.45) is 2.96. The number of aryl methyl sites for hydroxylation is 1. The minimum atomic E-state index is -0.784. The van der Waals surface area contributed by atoms with Crippen molar-refractivity contribution in [2.75, 3.05) is 16.4 Å². The molecule has 34 heavy (non-hydrogen) atoms. The van der Waals surface area contributed by atoms with Crippen molar-refractivity contribution >= 4 is 34.8 Å². The van der Waals surface area contributed by atoms with Gasteiger partial charge in [0, 0.05) is 30.6 Å². The van der Waals surface area contributed by atoms with Crippen LogP contribution >= 0.6 is 0 Å². The van der Waals surface area contributed by atoms with Gasteiger partial charge >= 0.3 is 6.03 Å². The highest BCUT2D eigenvalue weighted by Crippen LogP contribution is 2.29. The minimum Gasteiger partial charge on any atom is -0.384 e. The molecule has 4 N–H and O–H groups in total. The van der Waals surface area contributed by atoms with Crippen molar-refractivity contribution in [2.24, 2.45) is 0 Å². The lowest BCUT2D eigenvalue weighted by Gasteiger charge is -2.07. The van der Waals surface area contributed by atoms with E-state index in [0.29, 0.717) is 28.7 Å². The zero-order chi connectivity index (χ0) is 23.8. The van der Waals surface area contributed by atoms with Crippen molar-refractivity contribution in [1.29, 1.82) is 0 Å². The highest BCUT2D eigenvalue weighted by molar-refractivity contribution is 5.90. The highest BCUT2D eigenvalue weighted by atomic mass is 19.1. The van der Waals surface area contributed by atoms with Gasteiger partial charge in [0.1, 0.15) is 29.0 Å². The second kappa shape index (κ2) is 8.20. The van der Waals surface area contributed by atoms with E-state index in [9.17, 15) is 13.6 Å². The Morgan fingerprint density at radius 1 is 1.09 bits per heavy atom. The van der Waals surface area contributed by atoms with Gasteiger partial charge in [0.25, 0.3) is 0 Å². The first-order valence-electron chi connectivity index (χ1n) is 9.92. The van der Waals surface area contributed by atoms with E-state index in [1.54, 1.807) is 35.8 Å². The van der Waals surface area contributed by atoms with Crippen molar-refractivity contribution < 1.29 is 13.6 Å². The van der Waals surface area contributed by atoms with Gasteiger partial charge in [-0.15, -0.1) is 5.10 Å². The normalized spacial score (nSPS) is 11.0. The smallest absolute Gasteiger partial charge is 0.346 e. The average Bonchev–Trinajstić information content (AvgIpc) is 3.40. The van der Waals surface area contributed by atoms with Crippen LogP contribution in [0.2, 0.25) is 0 Å². The standard InChI is InChI=1S/C21H16F2N10O/c1-11-26-15(10-16(24)27-11)19-20(30-18-3-2-7-25-33(18)19)29-17-6-8-32(31-17)21(34)28-14-9-12(22)4-5-13(14)23/h2-10H,1H3,(H,28,34)(H,29,31)(H2,24,26,27). The summed E-state index contributed by atoms with van der Waals surface area (Å²) in [5.41, 5.74) is 7.12. The van der Waals surface area contributed by atoms with E-state index in [1.807, 2.05) is 0 Å². The first kappa shape index (κ1) is 20.9. The molecule has 5 aromatic rings. The van der Waals surface area contributed by atoms with E-state index in [2.05, 4.69) is 35.8 Å². The molecule has 1 aromatic carbocycles. The molecule has 0 atom stereocenters. The van der Waals surface area contributed by atoms with Gasteiger partial charge in [-0.3, -0.25) is 0 Å². The third-order valence-corrected chi connectivity index (χ3v) is 4.71. The molecule has 4 heterocycles. The van der Waals surface area contributed by atoms with Gasteiger partial charge in [-0.2, -0.15) is 9.78 Å². The maximum absolute atomic E-state index is 13.8. The first-order chi connectivity index (χ1) is 16.4. The zero-order valence-electron chi connectivity index (χ0n) is 17.6. The fraction of sp³-hybridized carbons (Fsp3) is 0.0476. The number of nitrogens with two attached hydrogens (primary N) is 1. The average molecular weight is 462 g/mol. The van der Waals surface area contributed by atoms with Crippen LogP contribution in [0, 0.1) is 18.6 Å². The predicted octanol–water partition coefficient (Wildman–Crippen LogP) is 3.38. The number of aromatic nitrogens is 7. The summed E-state index contributed by atoms with van der Waals surface area (Å²) in [4.78, 5) is 25.5. The topological polar surface area (TPSA) is 141 Å². The van der Waals surface area contributed by atoms with Gasteiger partial charge in [0.15, 0.2) is 17.3 Å². The van der Waals surface area contributed by atoms with E-state index in [4.69, 9.17) is 5.73 Å². The van der Waals surface area contributed by atoms with Crippen LogP contribution in [0.15, 0.2) is 54.9 Å². The molecule has 0 aliphatic rings. The summed E-state index contributed by atoms with van der Waals surface area (Å²) >= 11 is 0. The van der Waals surface area contributed by atoms with Gasteiger partial charge in [-0.05, 0) is 31.2 Å². The van der Waals surface area contributed by atoms with Crippen LogP contribution in [0.5, 0.6) is 0 Å². The molecule has 4 aromatic heterocycles. The number of halogens is 2. The zero-order valence-corrected chi connectivity index (χ0v) is 17.6. The molecule has 0 unspecified atom stereocenters. The quantitative estimate of drug-likeness (QED) is 0.369. The number of hydrogen-bond acceptors (Lipinski definition) is 8. The van der Waals surface area contributed by atoms with Crippen molar-refractivity contribution in [3.05, 3.63) is 72.3 Å². The Hall–Kier alpha value is -4.94. The second-order valence-corrected chi connectivity index (χ2v) is 7.15.